The van der Waals surface area contributed by atoms with Gasteiger partial charge in [0.25, 0.3) is 0 Å². The van der Waals surface area contributed by atoms with E-state index in [1.165, 1.54) is 38.5 Å². The molecule has 0 radical (unpaired) electrons. The summed E-state index contributed by atoms with van der Waals surface area (Å²) >= 11 is 0. The topological polar surface area (TPSA) is 44.9 Å². The monoisotopic (exact) mass is 252 g/mol. The van der Waals surface area contributed by atoms with Crippen molar-refractivity contribution in [3.05, 3.63) is 0 Å². The Hall–Kier alpha value is -0.770. The third-order valence-corrected chi connectivity index (χ3v) is 4.37. The van der Waals surface area contributed by atoms with Gasteiger partial charge in [0.15, 0.2) is 5.96 Å². The van der Waals surface area contributed by atoms with E-state index in [0.717, 1.165) is 31.5 Å². The normalized spacial score (nSPS) is 26.5. The number of aliphatic imine (C=N–C) groups is 1. The van der Waals surface area contributed by atoms with Crippen LogP contribution in [-0.4, -0.2) is 55.5 Å². The lowest BCUT2D eigenvalue weighted by Crippen LogP contribution is -2.47. The average Bonchev–Trinajstić information content (AvgIpc) is 2.56. The van der Waals surface area contributed by atoms with E-state index in [-0.39, 0.29) is 0 Å². The van der Waals surface area contributed by atoms with E-state index < -0.39 is 0 Å². The third kappa shape index (κ3) is 3.37. The van der Waals surface area contributed by atoms with Crippen molar-refractivity contribution in [2.24, 2.45) is 16.6 Å². The predicted octanol–water partition coefficient (Wildman–Crippen LogP) is 1.52. The van der Waals surface area contributed by atoms with Crippen LogP contribution in [-0.2, 0) is 0 Å². The lowest BCUT2D eigenvalue weighted by molar-refractivity contribution is 0.214. The van der Waals surface area contributed by atoms with Crippen molar-refractivity contribution in [2.45, 2.75) is 44.6 Å². The molecule has 1 aliphatic carbocycles. The molecule has 4 nitrogen and oxygen atoms in total. The number of nitrogens with two attached hydrogens (primary N) is 1. The van der Waals surface area contributed by atoms with E-state index in [0.29, 0.717) is 6.04 Å². The highest BCUT2D eigenvalue weighted by Gasteiger charge is 2.32. The van der Waals surface area contributed by atoms with E-state index in [2.05, 4.69) is 28.9 Å². The smallest absolute Gasteiger partial charge is 0.191 e. The van der Waals surface area contributed by atoms with Gasteiger partial charge in [-0.25, -0.2) is 0 Å². The first-order valence-electron chi connectivity index (χ1n) is 7.40. The Balaban J connectivity index is 1.93. The van der Waals surface area contributed by atoms with E-state index in [1.54, 1.807) is 0 Å². The van der Waals surface area contributed by atoms with E-state index in [9.17, 15) is 0 Å². The maximum atomic E-state index is 6.06. The van der Waals surface area contributed by atoms with Gasteiger partial charge in [-0.15, -0.1) is 0 Å². The molecule has 0 aromatic rings. The Morgan fingerprint density at radius 2 is 1.89 bits per heavy atom. The molecule has 0 bridgehead atoms. The number of rotatable bonds is 4. The summed E-state index contributed by atoms with van der Waals surface area (Å²) in [7, 11) is 4.23. The van der Waals surface area contributed by atoms with Crippen LogP contribution in [0.1, 0.15) is 38.5 Å². The molecule has 18 heavy (non-hydrogen) atoms. The Morgan fingerprint density at radius 3 is 2.50 bits per heavy atom. The molecular weight excluding hydrogens is 224 g/mol. The maximum Gasteiger partial charge on any atom is 0.191 e. The first-order valence-corrected chi connectivity index (χ1v) is 7.40. The number of hydrogen-bond donors (Lipinski definition) is 1. The number of hydrogen-bond acceptors (Lipinski definition) is 4. The molecule has 2 aliphatic rings. The molecule has 2 N–H and O–H groups in total. The Labute approximate surface area is 111 Å². The maximum absolute atomic E-state index is 6.06. The fraction of sp³-hybridized carbons (Fsp3) is 0.929. The zero-order valence-corrected chi connectivity index (χ0v) is 11.9. The van der Waals surface area contributed by atoms with Gasteiger partial charge in [0.1, 0.15) is 0 Å². The second-order valence-electron chi connectivity index (χ2n) is 6.01. The first kappa shape index (κ1) is 13.7. The van der Waals surface area contributed by atoms with E-state index >= 15 is 0 Å². The fourth-order valence-electron chi connectivity index (χ4n) is 3.23. The molecule has 0 spiro atoms. The van der Waals surface area contributed by atoms with Crippen LogP contribution in [0.25, 0.3) is 0 Å². The molecule has 2 rings (SSSR count). The van der Waals surface area contributed by atoms with Crippen LogP contribution in [0.5, 0.6) is 0 Å². The summed E-state index contributed by atoms with van der Waals surface area (Å²) in [5, 5.41) is 0. The molecule has 1 heterocycles. The Morgan fingerprint density at radius 1 is 1.22 bits per heavy atom. The quantitative estimate of drug-likeness (QED) is 0.772. The second kappa shape index (κ2) is 6.41. The average molecular weight is 252 g/mol. The van der Waals surface area contributed by atoms with Gasteiger partial charge in [0, 0.05) is 13.1 Å². The SMILES string of the molecule is CN(C)CCN1C(N)=NCC1C1CCCCCC1. The van der Waals surface area contributed by atoms with Crippen LogP contribution in [0.15, 0.2) is 4.99 Å². The summed E-state index contributed by atoms with van der Waals surface area (Å²) in [6.07, 6.45) is 8.34. The molecule has 0 aromatic carbocycles. The zero-order valence-electron chi connectivity index (χ0n) is 11.9. The molecule has 1 fully saturated rings. The van der Waals surface area contributed by atoms with Crippen LogP contribution in [0.2, 0.25) is 0 Å². The van der Waals surface area contributed by atoms with Gasteiger partial charge in [-0.1, -0.05) is 25.7 Å². The molecular formula is C14H28N4. The van der Waals surface area contributed by atoms with Crippen molar-refractivity contribution in [3.8, 4) is 0 Å². The van der Waals surface area contributed by atoms with Crippen LogP contribution in [0.3, 0.4) is 0 Å². The van der Waals surface area contributed by atoms with E-state index in [4.69, 9.17) is 5.73 Å². The summed E-state index contributed by atoms with van der Waals surface area (Å²) in [6.45, 7) is 2.99. The largest absolute Gasteiger partial charge is 0.370 e. The van der Waals surface area contributed by atoms with Crippen molar-refractivity contribution in [1.29, 1.82) is 0 Å². The number of likely N-dealkylation sites (N-methyl/N-ethyl adjacent to an activating group) is 1. The Kier molecular flexibility index (Phi) is 4.87. The minimum absolute atomic E-state index is 0.572. The second-order valence-corrected chi connectivity index (χ2v) is 6.01. The van der Waals surface area contributed by atoms with Crippen molar-refractivity contribution in [2.75, 3.05) is 33.7 Å². The van der Waals surface area contributed by atoms with E-state index in [1.807, 2.05) is 0 Å². The zero-order chi connectivity index (χ0) is 13.0. The van der Waals surface area contributed by atoms with Crippen molar-refractivity contribution < 1.29 is 0 Å². The Bertz CT molecular complexity index is 280. The van der Waals surface area contributed by atoms with Crippen molar-refractivity contribution >= 4 is 5.96 Å². The summed E-state index contributed by atoms with van der Waals surface area (Å²) in [5.74, 6) is 1.57. The number of nitrogens with zero attached hydrogens (tertiary/aromatic N) is 3. The van der Waals surface area contributed by atoms with Crippen LogP contribution < -0.4 is 5.73 Å². The highest BCUT2D eigenvalue weighted by atomic mass is 15.3. The predicted molar refractivity (Wildman–Crippen MR) is 76.7 cm³/mol. The number of guanidine groups is 1. The molecule has 1 saturated carbocycles. The summed E-state index contributed by atoms with van der Waals surface area (Å²) in [5.41, 5.74) is 6.06. The lowest BCUT2D eigenvalue weighted by atomic mass is 9.91. The third-order valence-electron chi connectivity index (χ3n) is 4.37. The fourth-order valence-corrected chi connectivity index (χ4v) is 3.23. The van der Waals surface area contributed by atoms with Crippen molar-refractivity contribution in [3.63, 3.8) is 0 Å². The van der Waals surface area contributed by atoms with Crippen LogP contribution in [0, 0.1) is 5.92 Å². The minimum Gasteiger partial charge on any atom is -0.370 e. The highest BCUT2D eigenvalue weighted by Crippen LogP contribution is 2.30. The summed E-state index contributed by atoms with van der Waals surface area (Å²) < 4.78 is 0. The van der Waals surface area contributed by atoms with Gasteiger partial charge in [0.2, 0.25) is 0 Å². The summed E-state index contributed by atoms with van der Waals surface area (Å²) in [6, 6.07) is 0.572. The van der Waals surface area contributed by atoms with Gasteiger partial charge >= 0.3 is 0 Å². The molecule has 104 valence electrons. The van der Waals surface area contributed by atoms with Gasteiger partial charge in [-0.3, -0.25) is 4.99 Å². The van der Waals surface area contributed by atoms with Gasteiger partial charge in [0.05, 0.1) is 12.6 Å². The highest BCUT2D eigenvalue weighted by molar-refractivity contribution is 5.80. The minimum atomic E-state index is 0.572. The van der Waals surface area contributed by atoms with Gasteiger partial charge in [-0.2, -0.15) is 0 Å². The van der Waals surface area contributed by atoms with Gasteiger partial charge < -0.3 is 15.5 Å². The summed E-state index contributed by atoms with van der Waals surface area (Å²) in [4.78, 5) is 9.06. The lowest BCUT2D eigenvalue weighted by Gasteiger charge is -2.33. The molecule has 0 amide bonds. The molecule has 1 unspecified atom stereocenters. The molecule has 1 aliphatic heterocycles. The first-order chi connectivity index (χ1) is 8.68. The van der Waals surface area contributed by atoms with Crippen LogP contribution >= 0.6 is 0 Å². The molecule has 4 heteroatoms. The van der Waals surface area contributed by atoms with Crippen molar-refractivity contribution in [1.82, 2.24) is 9.80 Å². The van der Waals surface area contributed by atoms with Gasteiger partial charge in [-0.05, 0) is 32.9 Å². The molecule has 1 atom stereocenters. The molecule has 0 aromatic heterocycles. The molecule has 0 saturated heterocycles. The van der Waals surface area contributed by atoms with Crippen LogP contribution in [0.4, 0.5) is 0 Å². The standard InChI is InChI=1S/C14H28N4/c1-17(2)9-10-18-13(11-16-14(18)15)12-7-5-3-4-6-8-12/h12-13H,3-11H2,1-2H3,(H2,15,16).